The van der Waals surface area contributed by atoms with Gasteiger partial charge in [-0.15, -0.1) is 0 Å². The largest absolute Gasteiger partial charge is 0.375 e. The smallest absolute Gasteiger partial charge is 0.239 e. The number of carbonyl (C=O) groups is 1. The molecule has 0 saturated carbocycles. The minimum atomic E-state index is -3.42. The van der Waals surface area contributed by atoms with Crippen LogP contribution in [-0.4, -0.2) is 62.8 Å². The predicted molar refractivity (Wildman–Crippen MR) is 98.3 cm³/mol. The van der Waals surface area contributed by atoms with Crippen molar-refractivity contribution < 1.29 is 17.9 Å². The molecule has 1 aromatic carbocycles. The van der Waals surface area contributed by atoms with Gasteiger partial charge in [-0.2, -0.15) is 4.31 Å². The molecule has 0 bridgehead atoms. The summed E-state index contributed by atoms with van der Waals surface area (Å²) in [6.45, 7) is 4.46. The van der Waals surface area contributed by atoms with Crippen LogP contribution in [0.4, 0.5) is 5.69 Å². The number of hydrogen-bond acceptors (Lipinski definition) is 5. The summed E-state index contributed by atoms with van der Waals surface area (Å²) in [5, 5.41) is 6.05. The van der Waals surface area contributed by atoms with Crippen molar-refractivity contribution in [1.82, 2.24) is 9.62 Å². The number of sulfonamides is 1. The molecule has 2 rings (SSSR count). The summed E-state index contributed by atoms with van der Waals surface area (Å²) in [7, 11) is -3.42. The number of nitrogens with one attached hydrogen (secondary N) is 2. The second-order valence-corrected chi connectivity index (χ2v) is 8.57. The number of morpholine rings is 1. The monoisotopic (exact) mass is 389 g/mol. The van der Waals surface area contributed by atoms with Crippen LogP contribution < -0.4 is 10.6 Å². The summed E-state index contributed by atoms with van der Waals surface area (Å²) in [4.78, 5) is 11.8. The molecule has 0 aromatic heterocycles. The topological polar surface area (TPSA) is 87.7 Å². The standard InChI is InChI=1S/C16H24ClN3O4S/c1-12-10-20(11-13(2)24-12)25(22,23)8-7-18-16(21)9-19-15-6-4-3-5-14(15)17/h3-6,12-13,19H,7-11H2,1-2H3,(H,18,21). The molecule has 1 saturated heterocycles. The van der Waals surface area contributed by atoms with E-state index >= 15 is 0 Å². The average Bonchev–Trinajstić information content (AvgIpc) is 2.53. The molecule has 1 fully saturated rings. The molecule has 2 atom stereocenters. The van der Waals surface area contributed by atoms with Crippen molar-refractivity contribution in [3.8, 4) is 0 Å². The van der Waals surface area contributed by atoms with Gasteiger partial charge in [-0.3, -0.25) is 4.79 Å². The van der Waals surface area contributed by atoms with Crippen molar-refractivity contribution in [2.75, 3.05) is 37.2 Å². The third-order valence-electron chi connectivity index (χ3n) is 3.77. The number of anilines is 1. The quantitative estimate of drug-likeness (QED) is 0.734. The highest BCUT2D eigenvalue weighted by Gasteiger charge is 2.30. The van der Waals surface area contributed by atoms with Gasteiger partial charge in [0.15, 0.2) is 0 Å². The fraction of sp³-hybridized carbons (Fsp3) is 0.562. The lowest BCUT2D eigenvalue weighted by Crippen LogP contribution is -2.49. The van der Waals surface area contributed by atoms with Crippen molar-refractivity contribution in [2.45, 2.75) is 26.1 Å². The Labute approximate surface area is 153 Å². The fourth-order valence-corrected chi connectivity index (χ4v) is 4.34. The van der Waals surface area contributed by atoms with E-state index in [1.54, 1.807) is 18.2 Å². The first-order valence-corrected chi connectivity index (χ1v) is 10.1. The number of halogens is 1. The van der Waals surface area contributed by atoms with Crippen molar-refractivity contribution in [2.24, 2.45) is 0 Å². The molecule has 1 aliphatic heterocycles. The third-order valence-corrected chi connectivity index (χ3v) is 5.91. The van der Waals surface area contributed by atoms with E-state index in [0.717, 1.165) is 0 Å². The Balaban J connectivity index is 1.75. The van der Waals surface area contributed by atoms with E-state index in [2.05, 4.69) is 10.6 Å². The molecular weight excluding hydrogens is 366 g/mol. The molecule has 1 heterocycles. The summed E-state index contributed by atoms with van der Waals surface area (Å²) in [6.07, 6.45) is -0.263. The van der Waals surface area contributed by atoms with E-state index in [1.165, 1.54) is 4.31 Å². The lowest BCUT2D eigenvalue weighted by atomic mass is 10.3. The van der Waals surface area contributed by atoms with Gasteiger partial charge in [0, 0.05) is 19.6 Å². The summed E-state index contributed by atoms with van der Waals surface area (Å²) in [5.74, 6) is -0.427. The number of nitrogens with zero attached hydrogens (tertiary/aromatic N) is 1. The fourth-order valence-electron chi connectivity index (χ4n) is 2.65. The predicted octanol–water partition coefficient (Wildman–Crippen LogP) is 1.31. The van der Waals surface area contributed by atoms with Crippen LogP contribution in [0.15, 0.2) is 24.3 Å². The van der Waals surface area contributed by atoms with Crippen LogP contribution in [0.1, 0.15) is 13.8 Å². The van der Waals surface area contributed by atoms with Crippen LogP contribution in [0.25, 0.3) is 0 Å². The molecule has 0 aliphatic carbocycles. The Bertz CT molecular complexity index is 688. The van der Waals surface area contributed by atoms with Gasteiger partial charge in [0.25, 0.3) is 0 Å². The number of para-hydroxylation sites is 1. The number of hydrogen-bond donors (Lipinski definition) is 2. The molecule has 25 heavy (non-hydrogen) atoms. The van der Waals surface area contributed by atoms with E-state index in [-0.39, 0.29) is 37.0 Å². The Kier molecular flexibility index (Phi) is 7.06. The lowest BCUT2D eigenvalue weighted by molar-refractivity contribution is -0.119. The second-order valence-electron chi connectivity index (χ2n) is 6.07. The minimum Gasteiger partial charge on any atom is -0.375 e. The van der Waals surface area contributed by atoms with Crippen LogP contribution in [0.2, 0.25) is 5.02 Å². The normalized spacial score (nSPS) is 21.7. The van der Waals surface area contributed by atoms with Crippen molar-refractivity contribution in [3.63, 3.8) is 0 Å². The molecule has 9 heteroatoms. The first kappa shape index (κ1) is 20.0. The number of ether oxygens (including phenoxy) is 1. The molecule has 140 valence electrons. The maximum atomic E-state index is 12.4. The Hall–Kier alpha value is -1.35. The van der Waals surface area contributed by atoms with Crippen LogP contribution in [0, 0.1) is 0 Å². The van der Waals surface area contributed by atoms with E-state index in [4.69, 9.17) is 16.3 Å². The molecule has 2 unspecified atom stereocenters. The SMILES string of the molecule is CC1CN(S(=O)(=O)CCNC(=O)CNc2ccccc2Cl)CC(C)O1. The second kappa shape index (κ2) is 8.84. The third kappa shape index (κ3) is 6.14. The number of carbonyl (C=O) groups excluding carboxylic acids is 1. The number of benzene rings is 1. The molecular formula is C16H24ClN3O4S. The Morgan fingerprint density at radius 3 is 2.56 bits per heavy atom. The molecule has 1 amide bonds. The van der Waals surface area contributed by atoms with Crippen LogP contribution >= 0.6 is 11.6 Å². The maximum absolute atomic E-state index is 12.4. The van der Waals surface area contributed by atoms with E-state index in [0.29, 0.717) is 23.8 Å². The zero-order chi connectivity index (χ0) is 18.4. The summed E-state index contributed by atoms with van der Waals surface area (Å²) in [5.41, 5.74) is 0.656. The lowest BCUT2D eigenvalue weighted by Gasteiger charge is -2.34. The zero-order valence-corrected chi connectivity index (χ0v) is 15.9. The van der Waals surface area contributed by atoms with Gasteiger partial charge in [0.05, 0.1) is 35.2 Å². The molecule has 0 radical (unpaired) electrons. The van der Waals surface area contributed by atoms with Crippen molar-refractivity contribution in [3.05, 3.63) is 29.3 Å². The molecule has 1 aliphatic rings. The number of amides is 1. The Morgan fingerprint density at radius 1 is 1.28 bits per heavy atom. The van der Waals surface area contributed by atoms with Gasteiger partial charge < -0.3 is 15.4 Å². The molecule has 0 spiro atoms. The highest BCUT2D eigenvalue weighted by molar-refractivity contribution is 7.89. The van der Waals surface area contributed by atoms with Gasteiger partial charge in [-0.1, -0.05) is 23.7 Å². The summed E-state index contributed by atoms with van der Waals surface area (Å²) < 4.78 is 31.7. The zero-order valence-electron chi connectivity index (χ0n) is 14.4. The average molecular weight is 390 g/mol. The number of rotatable bonds is 7. The first-order chi connectivity index (χ1) is 11.8. The van der Waals surface area contributed by atoms with Crippen LogP contribution in [0.5, 0.6) is 0 Å². The van der Waals surface area contributed by atoms with Gasteiger partial charge >= 0.3 is 0 Å². The van der Waals surface area contributed by atoms with Gasteiger partial charge in [-0.05, 0) is 26.0 Å². The van der Waals surface area contributed by atoms with Gasteiger partial charge in [-0.25, -0.2) is 8.42 Å². The van der Waals surface area contributed by atoms with Gasteiger partial charge in [0.1, 0.15) is 0 Å². The highest BCUT2D eigenvalue weighted by Crippen LogP contribution is 2.19. The molecule has 2 N–H and O–H groups in total. The summed E-state index contributed by atoms with van der Waals surface area (Å²) >= 11 is 5.99. The van der Waals surface area contributed by atoms with Crippen LogP contribution in [-0.2, 0) is 19.6 Å². The maximum Gasteiger partial charge on any atom is 0.239 e. The van der Waals surface area contributed by atoms with Crippen molar-refractivity contribution >= 4 is 33.2 Å². The van der Waals surface area contributed by atoms with Crippen molar-refractivity contribution in [1.29, 1.82) is 0 Å². The van der Waals surface area contributed by atoms with E-state index < -0.39 is 10.0 Å². The van der Waals surface area contributed by atoms with E-state index in [1.807, 2.05) is 19.9 Å². The van der Waals surface area contributed by atoms with Gasteiger partial charge in [0.2, 0.25) is 15.9 Å². The molecule has 7 nitrogen and oxygen atoms in total. The highest BCUT2D eigenvalue weighted by atomic mass is 35.5. The summed E-state index contributed by atoms with van der Waals surface area (Å²) in [6, 6.07) is 7.09. The first-order valence-electron chi connectivity index (χ1n) is 8.16. The Morgan fingerprint density at radius 2 is 1.92 bits per heavy atom. The minimum absolute atomic E-state index is 0.0232. The molecule has 1 aromatic rings. The van der Waals surface area contributed by atoms with Crippen LogP contribution in [0.3, 0.4) is 0 Å². The van der Waals surface area contributed by atoms with E-state index in [9.17, 15) is 13.2 Å².